The Morgan fingerprint density at radius 1 is 0.569 bits per heavy atom. The fourth-order valence-corrected chi connectivity index (χ4v) is 9.53. The van der Waals surface area contributed by atoms with Gasteiger partial charge in [0.2, 0.25) is 0 Å². The molecule has 1 aliphatic carbocycles. The van der Waals surface area contributed by atoms with E-state index in [9.17, 15) is 5.26 Å². The monoisotopic (exact) mass is 743 g/mol. The highest BCUT2D eigenvalue weighted by atomic mass is 15.3. The highest BCUT2D eigenvalue weighted by molar-refractivity contribution is 6.18. The fourth-order valence-electron chi connectivity index (χ4n) is 9.53. The van der Waals surface area contributed by atoms with Crippen LogP contribution in [0.4, 0.5) is 0 Å². The number of nitrogens with one attached hydrogen (secondary N) is 2. The maximum atomic E-state index is 9.70. The molecule has 0 bridgehead atoms. The van der Waals surface area contributed by atoms with E-state index in [2.05, 4.69) is 191 Å². The molecule has 2 heterocycles. The SMILES string of the molecule is N#Cc1cccc(C2=NC(c3cccc(-n4c5ccccc5c5c6c(ccc54)C(c4ccccc4)(c4ccccc4)c4ccccc4-6)c3)NC(c3ccccc3)N2)c1. The van der Waals surface area contributed by atoms with Crippen molar-refractivity contribution in [3.8, 4) is 22.9 Å². The van der Waals surface area contributed by atoms with Gasteiger partial charge in [-0.2, -0.15) is 5.26 Å². The first-order chi connectivity index (χ1) is 28.7. The van der Waals surface area contributed by atoms with Crippen LogP contribution < -0.4 is 10.6 Å². The first kappa shape index (κ1) is 33.8. The van der Waals surface area contributed by atoms with Crippen LogP contribution in [-0.4, -0.2) is 10.4 Å². The molecular formula is C53H37N5. The van der Waals surface area contributed by atoms with Gasteiger partial charge in [-0.05, 0) is 80.9 Å². The normalized spacial score (nSPS) is 16.6. The first-order valence-corrected chi connectivity index (χ1v) is 19.8. The number of fused-ring (bicyclic) bond motifs is 7. The van der Waals surface area contributed by atoms with Crippen LogP contribution in [-0.2, 0) is 5.41 Å². The van der Waals surface area contributed by atoms with Gasteiger partial charge in [0.05, 0.1) is 28.1 Å². The minimum atomic E-state index is -0.482. The third kappa shape index (κ3) is 5.16. The van der Waals surface area contributed by atoms with Crippen molar-refractivity contribution in [3.05, 3.63) is 245 Å². The van der Waals surface area contributed by atoms with Gasteiger partial charge in [-0.3, -0.25) is 5.32 Å². The summed E-state index contributed by atoms with van der Waals surface area (Å²) < 4.78 is 2.42. The summed E-state index contributed by atoms with van der Waals surface area (Å²) in [4.78, 5) is 5.24. The van der Waals surface area contributed by atoms with Crippen molar-refractivity contribution in [2.75, 3.05) is 0 Å². The van der Waals surface area contributed by atoms with Gasteiger partial charge in [0.25, 0.3) is 0 Å². The zero-order chi connectivity index (χ0) is 38.6. The number of aromatic nitrogens is 1. The van der Waals surface area contributed by atoms with Crippen LogP contribution in [0.3, 0.4) is 0 Å². The predicted octanol–water partition coefficient (Wildman–Crippen LogP) is 11.4. The zero-order valence-electron chi connectivity index (χ0n) is 31.5. The van der Waals surface area contributed by atoms with E-state index in [1.807, 2.05) is 30.3 Å². The number of nitriles is 1. The van der Waals surface area contributed by atoms with Gasteiger partial charge in [0.15, 0.2) is 0 Å². The van der Waals surface area contributed by atoms with E-state index in [4.69, 9.17) is 4.99 Å². The molecule has 274 valence electrons. The van der Waals surface area contributed by atoms with Crippen LogP contribution in [0, 0.1) is 11.3 Å². The quantitative estimate of drug-likeness (QED) is 0.178. The molecule has 0 spiro atoms. The van der Waals surface area contributed by atoms with Crippen molar-refractivity contribution in [1.82, 2.24) is 15.2 Å². The Hall–Kier alpha value is -7.52. The van der Waals surface area contributed by atoms with Gasteiger partial charge < -0.3 is 9.88 Å². The Bertz CT molecular complexity index is 3050. The van der Waals surface area contributed by atoms with Crippen molar-refractivity contribution < 1.29 is 0 Å². The summed E-state index contributed by atoms with van der Waals surface area (Å²) in [5, 5.41) is 19.6. The molecule has 0 saturated carbocycles. The number of amidine groups is 1. The Kier molecular flexibility index (Phi) is 7.92. The molecule has 2 aliphatic rings. The topological polar surface area (TPSA) is 65.1 Å². The van der Waals surface area contributed by atoms with Crippen molar-refractivity contribution >= 4 is 27.6 Å². The summed E-state index contributed by atoms with van der Waals surface area (Å²) in [6.07, 6.45) is -0.549. The average molecular weight is 744 g/mol. The van der Waals surface area contributed by atoms with Gasteiger partial charge in [0.1, 0.15) is 18.2 Å². The summed E-state index contributed by atoms with van der Waals surface area (Å²) in [5.74, 6) is 0.742. The number of nitrogens with zero attached hydrogens (tertiary/aromatic N) is 3. The minimum Gasteiger partial charge on any atom is -0.350 e. The molecule has 2 unspecified atom stereocenters. The number of benzene rings is 8. The first-order valence-electron chi connectivity index (χ1n) is 19.8. The molecule has 11 rings (SSSR count). The van der Waals surface area contributed by atoms with E-state index in [-0.39, 0.29) is 12.3 Å². The van der Waals surface area contributed by atoms with Crippen LogP contribution in [0.15, 0.2) is 205 Å². The lowest BCUT2D eigenvalue weighted by Gasteiger charge is -2.33. The maximum Gasteiger partial charge on any atom is 0.131 e. The summed E-state index contributed by atoms with van der Waals surface area (Å²) in [5.41, 5.74) is 14.2. The third-order valence-electron chi connectivity index (χ3n) is 12.0. The highest BCUT2D eigenvalue weighted by Gasteiger charge is 2.47. The second-order valence-electron chi connectivity index (χ2n) is 15.1. The number of hydrogen-bond acceptors (Lipinski definition) is 4. The van der Waals surface area contributed by atoms with Crippen LogP contribution >= 0.6 is 0 Å². The van der Waals surface area contributed by atoms with Crippen molar-refractivity contribution in [2.45, 2.75) is 17.7 Å². The van der Waals surface area contributed by atoms with E-state index in [0.717, 1.165) is 39.2 Å². The number of para-hydroxylation sites is 1. The molecule has 5 heteroatoms. The Balaban J connectivity index is 1.12. The Labute approximate surface area is 337 Å². The molecule has 9 aromatic rings. The van der Waals surface area contributed by atoms with Gasteiger partial charge in [-0.25, -0.2) is 4.99 Å². The Morgan fingerprint density at radius 2 is 1.24 bits per heavy atom. The molecule has 0 fully saturated rings. The van der Waals surface area contributed by atoms with E-state index < -0.39 is 5.41 Å². The molecule has 1 aromatic heterocycles. The summed E-state index contributed by atoms with van der Waals surface area (Å²) in [7, 11) is 0. The van der Waals surface area contributed by atoms with E-state index >= 15 is 0 Å². The second-order valence-corrected chi connectivity index (χ2v) is 15.1. The van der Waals surface area contributed by atoms with Crippen LogP contribution in [0.1, 0.15) is 56.8 Å². The van der Waals surface area contributed by atoms with Crippen LogP contribution in [0.25, 0.3) is 38.6 Å². The lowest BCUT2D eigenvalue weighted by Crippen LogP contribution is -2.45. The summed E-state index contributed by atoms with van der Waals surface area (Å²) in [6.45, 7) is 0. The van der Waals surface area contributed by atoms with Crippen LogP contribution in [0.5, 0.6) is 0 Å². The number of aliphatic imine (C=N–C) groups is 1. The van der Waals surface area contributed by atoms with Crippen LogP contribution in [0.2, 0.25) is 0 Å². The average Bonchev–Trinajstić information content (AvgIpc) is 3.81. The van der Waals surface area contributed by atoms with Gasteiger partial charge in [0, 0.05) is 22.0 Å². The van der Waals surface area contributed by atoms with E-state index in [1.54, 1.807) is 0 Å². The van der Waals surface area contributed by atoms with Crippen molar-refractivity contribution in [2.24, 2.45) is 4.99 Å². The van der Waals surface area contributed by atoms with Gasteiger partial charge >= 0.3 is 0 Å². The predicted molar refractivity (Wildman–Crippen MR) is 234 cm³/mol. The molecule has 8 aromatic carbocycles. The number of hydrogen-bond donors (Lipinski definition) is 2. The molecule has 2 atom stereocenters. The lowest BCUT2D eigenvalue weighted by atomic mass is 9.67. The van der Waals surface area contributed by atoms with Gasteiger partial charge in [-0.1, -0.05) is 164 Å². The van der Waals surface area contributed by atoms with Crippen molar-refractivity contribution in [3.63, 3.8) is 0 Å². The largest absolute Gasteiger partial charge is 0.350 e. The van der Waals surface area contributed by atoms with Crippen molar-refractivity contribution in [1.29, 1.82) is 5.26 Å². The molecule has 0 amide bonds. The molecular weight excluding hydrogens is 707 g/mol. The lowest BCUT2D eigenvalue weighted by molar-refractivity contribution is 0.409. The third-order valence-corrected chi connectivity index (χ3v) is 12.0. The zero-order valence-corrected chi connectivity index (χ0v) is 31.5. The molecule has 58 heavy (non-hydrogen) atoms. The summed E-state index contributed by atoms with van der Waals surface area (Å²) >= 11 is 0. The second kappa shape index (κ2) is 13.6. The molecule has 5 nitrogen and oxygen atoms in total. The van der Waals surface area contributed by atoms with E-state index in [1.165, 1.54) is 44.2 Å². The van der Waals surface area contributed by atoms with E-state index in [0.29, 0.717) is 5.56 Å². The minimum absolute atomic E-state index is 0.196. The summed E-state index contributed by atoms with van der Waals surface area (Å²) in [6, 6.07) is 73.5. The fraction of sp³-hybridized carbons (Fsp3) is 0.0566. The number of rotatable bonds is 6. The smallest absolute Gasteiger partial charge is 0.131 e. The molecule has 2 N–H and O–H groups in total. The highest BCUT2D eigenvalue weighted by Crippen LogP contribution is 2.58. The Morgan fingerprint density at radius 3 is 2.02 bits per heavy atom. The molecule has 1 aliphatic heterocycles. The van der Waals surface area contributed by atoms with Gasteiger partial charge in [-0.15, -0.1) is 0 Å². The standard InChI is InChI=1S/C53H37N5/c54-34-35-16-14-19-37(32-35)51-55-50(36-17-4-1-5-18-36)56-52(57-51)38-20-15-25-41(33-38)58-46-29-13-11-27-43(46)49-47(58)31-30-45-48(49)42-26-10-12-28-44(42)53(45,39-21-6-2-7-22-39)40-23-8-3-9-24-40/h1-33,50,52,56H,(H,55,57). The molecule has 0 radical (unpaired) electrons. The maximum absolute atomic E-state index is 9.70. The molecule has 0 saturated heterocycles.